The van der Waals surface area contributed by atoms with E-state index in [1.807, 2.05) is 42.5 Å². The van der Waals surface area contributed by atoms with E-state index in [2.05, 4.69) is 0 Å². The van der Waals surface area contributed by atoms with Crippen LogP contribution in [0.25, 0.3) is 0 Å². The zero-order valence-electron chi connectivity index (χ0n) is 17.4. The molecule has 0 spiro atoms. The van der Waals surface area contributed by atoms with Crippen molar-refractivity contribution in [2.24, 2.45) is 0 Å². The average Bonchev–Trinajstić information content (AvgIpc) is 3.05. The summed E-state index contributed by atoms with van der Waals surface area (Å²) in [5, 5.41) is 1.20. The van der Waals surface area contributed by atoms with Gasteiger partial charge in [-0.05, 0) is 47.5 Å². The van der Waals surface area contributed by atoms with Gasteiger partial charge >= 0.3 is 0 Å². The van der Waals surface area contributed by atoms with Crippen molar-refractivity contribution in [1.82, 2.24) is 9.80 Å². The maximum Gasteiger partial charge on any atom is 0.263 e. The molecule has 0 radical (unpaired) electrons. The van der Waals surface area contributed by atoms with Crippen LogP contribution in [0.5, 0.6) is 5.75 Å². The molecule has 164 valence electrons. The van der Waals surface area contributed by atoms with Crippen LogP contribution in [0.15, 0.2) is 78.9 Å². The van der Waals surface area contributed by atoms with Crippen LogP contribution in [0.4, 0.5) is 0 Å². The number of hydrogen-bond donors (Lipinski definition) is 0. The molecule has 3 aromatic rings. The molecule has 4 rings (SSSR count). The lowest BCUT2D eigenvalue weighted by Gasteiger charge is -2.30. The van der Waals surface area contributed by atoms with Gasteiger partial charge in [-0.3, -0.25) is 9.59 Å². The summed E-state index contributed by atoms with van der Waals surface area (Å²) >= 11 is 12.1. The largest absolute Gasteiger partial charge is 0.484 e. The second kappa shape index (κ2) is 9.63. The summed E-state index contributed by atoms with van der Waals surface area (Å²) in [4.78, 5) is 29.9. The second-order valence-electron chi connectivity index (χ2n) is 7.62. The fourth-order valence-electron chi connectivity index (χ4n) is 3.93. The Morgan fingerprint density at radius 2 is 1.50 bits per heavy atom. The maximum absolute atomic E-state index is 13.4. The van der Waals surface area contributed by atoms with Crippen molar-refractivity contribution in [1.29, 1.82) is 0 Å². The van der Waals surface area contributed by atoms with Crippen LogP contribution in [-0.2, 0) is 16.0 Å². The van der Waals surface area contributed by atoms with Crippen LogP contribution in [0.2, 0.25) is 10.0 Å². The van der Waals surface area contributed by atoms with Gasteiger partial charge in [0.1, 0.15) is 18.0 Å². The van der Waals surface area contributed by atoms with Crippen LogP contribution >= 0.6 is 23.2 Å². The highest BCUT2D eigenvalue weighted by Crippen LogP contribution is 2.35. The molecule has 1 fully saturated rings. The Morgan fingerprint density at radius 3 is 2.12 bits per heavy atom. The van der Waals surface area contributed by atoms with Gasteiger partial charge in [0.15, 0.2) is 6.61 Å². The van der Waals surface area contributed by atoms with E-state index < -0.39 is 12.2 Å². The van der Waals surface area contributed by atoms with Gasteiger partial charge in [-0.15, -0.1) is 0 Å². The lowest BCUT2D eigenvalue weighted by molar-refractivity contribution is -0.138. The van der Waals surface area contributed by atoms with Crippen molar-refractivity contribution in [2.75, 3.05) is 13.7 Å². The highest BCUT2D eigenvalue weighted by Gasteiger charge is 2.47. The summed E-state index contributed by atoms with van der Waals surface area (Å²) in [6, 6.07) is 22.9. The van der Waals surface area contributed by atoms with Crippen molar-refractivity contribution in [2.45, 2.75) is 18.6 Å². The van der Waals surface area contributed by atoms with Gasteiger partial charge in [-0.25, -0.2) is 0 Å². The number of rotatable bonds is 6. The molecule has 1 heterocycles. The number of nitrogens with zero attached hydrogens (tertiary/aromatic N) is 2. The van der Waals surface area contributed by atoms with Crippen molar-refractivity contribution in [3.63, 3.8) is 0 Å². The lowest BCUT2D eigenvalue weighted by atomic mass is 10.0. The summed E-state index contributed by atoms with van der Waals surface area (Å²) in [7, 11) is 1.71. The van der Waals surface area contributed by atoms with Gasteiger partial charge in [0.05, 0.1) is 0 Å². The summed E-state index contributed by atoms with van der Waals surface area (Å²) in [5.41, 5.74) is 1.72. The molecule has 7 heteroatoms. The fourth-order valence-corrected chi connectivity index (χ4v) is 4.18. The first kappa shape index (κ1) is 22.2. The minimum absolute atomic E-state index is 0.132. The number of halogens is 2. The van der Waals surface area contributed by atoms with Crippen LogP contribution in [0.1, 0.15) is 17.3 Å². The summed E-state index contributed by atoms with van der Waals surface area (Å²) < 4.78 is 5.71. The number of para-hydroxylation sites is 1. The van der Waals surface area contributed by atoms with E-state index in [0.29, 0.717) is 22.2 Å². The molecule has 2 atom stereocenters. The topological polar surface area (TPSA) is 49.9 Å². The average molecular weight is 469 g/mol. The number of likely N-dealkylation sites (N-methyl/N-ethyl adjacent to an activating group) is 1. The van der Waals surface area contributed by atoms with E-state index in [4.69, 9.17) is 27.9 Å². The Balaban J connectivity index is 1.64. The normalized spacial score (nSPS) is 18.2. The van der Waals surface area contributed by atoms with Gasteiger partial charge < -0.3 is 14.5 Å². The highest BCUT2D eigenvalue weighted by molar-refractivity contribution is 6.30. The van der Waals surface area contributed by atoms with Gasteiger partial charge in [-0.1, -0.05) is 65.7 Å². The van der Waals surface area contributed by atoms with E-state index in [-0.39, 0.29) is 18.4 Å². The molecule has 5 nitrogen and oxygen atoms in total. The number of ether oxygens (including phenoxy) is 1. The quantitative estimate of drug-likeness (QED) is 0.512. The smallest absolute Gasteiger partial charge is 0.263 e. The number of carbonyl (C=O) groups is 2. The van der Waals surface area contributed by atoms with Crippen molar-refractivity contribution in [3.05, 3.63) is 100 Å². The third-order valence-corrected chi connectivity index (χ3v) is 6.01. The van der Waals surface area contributed by atoms with E-state index in [1.54, 1.807) is 53.2 Å². The van der Waals surface area contributed by atoms with E-state index in [0.717, 1.165) is 11.1 Å². The zero-order chi connectivity index (χ0) is 22.7. The summed E-state index contributed by atoms with van der Waals surface area (Å²) in [6.45, 7) is -0.174. The van der Waals surface area contributed by atoms with Crippen LogP contribution < -0.4 is 4.74 Å². The van der Waals surface area contributed by atoms with E-state index in [1.165, 1.54) is 0 Å². The molecule has 1 aliphatic heterocycles. The molecule has 0 aliphatic carbocycles. The molecule has 0 bridgehead atoms. The second-order valence-corrected chi connectivity index (χ2v) is 8.50. The highest BCUT2D eigenvalue weighted by atomic mass is 35.5. The lowest BCUT2D eigenvalue weighted by Crippen LogP contribution is -2.43. The molecule has 0 N–H and O–H groups in total. The third-order valence-electron chi connectivity index (χ3n) is 5.50. The van der Waals surface area contributed by atoms with E-state index >= 15 is 0 Å². The van der Waals surface area contributed by atoms with Crippen LogP contribution in [0, 0.1) is 0 Å². The summed E-state index contributed by atoms with van der Waals surface area (Å²) in [6.07, 6.45) is -0.175. The Bertz CT molecular complexity index is 1090. The minimum atomic E-state index is -0.659. The molecule has 2 amide bonds. The van der Waals surface area contributed by atoms with Gasteiger partial charge in [0.25, 0.3) is 5.91 Å². The standard InChI is InChI=1S/C25H22Cl2N2O3/c1-28-24(18-9-13-20(27)14-10-18)29(23(30)16-32-21-5-3-2-4-6-21)22(25(28)31)15-17-7-11-19(26)12-8-17/h2-14,22,24H,15-16H2,1H3. The zero-order valence-corrected chi connectivity index (χ0v) is 19.0. The van der Waals surface area contributed by atoms with Crippen LogP contribution in [-0.4, -0.2) is 41.3 Å². The van der Waals surface area contributed by atoms with Crippen LogP contribution in [0.3, 0.4) is 0 Å². The summed E-state index contributed by atoms with van der Waals surface area (Å²) in [5.74, 6) is 0.190. The molecule has 0 saturated carbocycles. The molecule has 2 unspecified atom stereocenters. The number of carbonyl (C=O) groups excluding carboxylic acids is 2. The van der Waals surface area contributed by atoms with Gasteiger partial charge in [-0.2, -0.15) is 0 Å². The van der Waals surface area contributed by atoms with E-state index in [9.17, 15) is 9.59 Å². The Labute approximate surface area is 197 Å². The molecule has 1 saturated heterocycles. The Hall–Kier alpha value is -3.02. The Kier molecular flexibility index (Phi) is 6.68. The first-order valence-corrected chi connectivity index (χ1v) is 11.0. The predicted octanol–water partition coefficient (Wildman–Crippen LogP) is 4.98. The molecular formula is C25H22Cl2N2O3. The molecule has 3 aromatic carbocycles. The van der Waals surface area contributed by atoms with Crippen molar-refractivity contribution >= 4 is 35.0 Å². The third kappa shape index (κ3) is 4.74. The SMILES string of the molecule is CN1C(=O)C(Cc2ccc(Cl)cc2)N(C(=O)COc2ccccc2)C1c1ccc(Cl)cc1. The maximum atomic E-state index is 13.4. The molecular weight excluding hydrogens is 447 g/mol. The first-order valence-electron chi connectivity index (χ1n) is 10.2. The van der Waals surface area contributed by atoms with Crippen molar-refractivity contribution in [3.8, 4) is 5.75 Å². The Morgan fingerprint density at radius 1 is 0.906 bits per heavy atom. The fraction of sp³-hybridized carbons (Fsp3) is 0.200. The number of benzene rings is 3. The van der Waals surface area contributed by atoms with Gasteiger partial charge in [0, 0.05) is 23.5 Å². The number of amides is 2. The van der Waals surface area contributed by atoms with Crippen molar-refractivity contribution < 1.29 is 14.3 Å². The number of hydrogen-bond acceptors (Lipinski definition) is 3. The molecule has 32 heavy (non-hydrogen) atoms. The first-order chi connectivity index (χ1) is 15.4. The predicted molar refractivity (Wildman–Crippen MR) is 125 cm³/mol. The van der Waals surface area contributed by atoms with Gasteiger partial charge in [0.2, 0.25) is 5.91 Å². The monoisotopic (exact) mass is 468 g/mol. The minimum Gasteiger partial charge on any atom is -0.484 e. The molecule has 1 aliphatic rings. The molecule has 0 aromatic heterocycles.